The van der Waals surface area contributed by atoms with E-state index in [9.17, 15) is 4.79 Å². The molecule has 0 unspecified atom stereocenters. The zero-order chi connectivity index (χ0) is 9.42. The molecule has 2 aromatic heterocycles. The normalized spacial score (nSPS) is 10.5. The van der Waals surface area contributed by atoms with Crippen LogP contribution in [-0.4, -0.2) is 33.3 Å². The van der Waals surface area contributed by atoms with Gasteiger partial charge in [-0.25, -0.2) is 14.8 Å². The molecule has 0 aliphatic heterocycles. The Hall–Kier alpha value is -1.85. The minimum absolute atomic E-state index is 0.0434. The summed E-state index contributed by atoms with van der Waals surface area (Å²) in [7, 11) is 5.52. The first-order chi connectivity index (χ1) is 6.18. The molecule has 0 fully saturated rings. The third kappa shape index (κ3) is 1.16. The largest absolute Gasteiger partial charge is 0.477 e. The Morgan fingerprint density at radius 1 is 1.62 bits per heavy atom. The lowest BCUT2D eigenvalue weighted by atomic mass is 10.1. The second-order valence-electron chi connectivity index (χ2n) is 2.47. The average Bonchev–Trinajstić information content (AvgIpc) is 2.47. The van der Waals surface area contributed by atoms with Gasteiger partial charge in [0.25, 0.3) is 0 Å². The third-order valence-electron chi connectivity index (χ3n) is 1.63. The van der Waals surface area contributed by atoms with Gasteiger partial charge in [0.05, 0.1) is 0 Å². The monoisotopic (exact) mass is 173 g/mol. The second-order valence-corrected chi connectivity index (χ2v) is 2.47. The first-order valence-electron chi connectivity index (χ1n) is 3.51. The summed E-state index contributed by atoms with van der Waals surface area (Å²) in [4.78, 5) is 18.1. The van der Waals surface area contributed by atoms with Gasteiger partial charge in [-0.3, -0.25) is 4.40 Å². The lowest BCUT2D eigenvalue weighted by molar-refractivity contribution is 0.0690. The van der Waals surface area contributed by atoms with Crippen LogP contribution in [0.15, 0.2) is 18.5 Å². The van der Waals surface area contributed by atoms with Crippen molar-refractivity contribution in [1.82, 2.24) is 14.4 Å². The maximum absolute atomic E-state index is 10.5. The van der Waals surface area contributed by atoms with E-state index in [2.05, 4.69) is 9.97 Å². The fourth-order valence-electron chi connectivity index (χ4n) is 1.01. The summed E-state index contributed by atoms with van der Waals surface area (Å²) < 4.78 is 1.51. The highest BCUT2D eigenvalue weighted by Crippen LogP contribution is 1.97. The van der Waals surface area contributed by atoms with Crippen molar-refractivity contribution in [3.63, 3.8) is 0 Å². The van der Waals surface area contributed by atoms with Gasteiger partial charge in [-0.2, -0.15) is 0 Å². The third-order valence-corrected chi connectivity index (χ3v) is 1.63. The average molecular weight is 173 g/mol. The van der Waals surface area contributed by atoms with Gasteiger partial charge in [0, 0.05) is 12.4 Å². The summed E-state index contributed by atoms with van der Waals surface area (Å²) in [6, 6.07) is 1.37. The molecule has 2 rings (SSSR count). The molecule has 2 aromatic rings. The van der Waals surface area contributed by atoms with Crippen molar-refractivity contribution in [2.75, 3.05) is 0 Å². The first-order valence-corrected chi connectivity index (χ1v) is 3.51. The van der Waals surface area contributed by atoms with Crippen LogP contribution in [0.1, 0.15) is 10.5 Å². The quantitative estimate of drug-likeness (QED) is 0.574. The summed E-state index contributed by atoms with van der Waals surface area (Å²) in [5.74, 6) is -0.790. The predicted molar refractivity (Wildman–Crippen MR) is 45.3 cm³/mol. The van der Waals surface area contributed by atoms with E-state index in [1.807, 2.05) is 0 Å². The van der Waals surface area contributed by atoms with Gasteiger partial charge >= 0.3 is 5.97 Å². The summed E-state index contributed by atoms with van der Waals surface area (Å²) in [5, 5.41) is 8.62. The van der Waals surface area contributed by atoms with Gasteiger partial charge < -0.3 is 5.11 Å². The maximum Gasteiger partial charge on any atom is 0.354 e. The molecule has 62 valence electrons. The van der Waals surface area contributed by atoms with Gasteiger partial charge in [0.1, 0.15) is 7.85 Å². The number of imidazole rings is 1. The number of carboxylic acid groups (broad SMARTS) is 1. The van der Waals surface area contributed by atoms with Crippen molar-refractivity contribution < 1.29 is 9.90 Å². The Bertz CT molecular complexity index is 480. The van der Waals surface area contributed by atoms with E-state index in [0.29, 0.717) is 5.59 Å². The van der Waals surface area contributed by atoms with E-state index < -0.39 is 5.97 Å². The van der Waals surface area contributed by atoms with E-state index >= 15 is 0 Å². The number of hydrogen-bond donors (Lipinski definition) is 1. The van der Waals surface area contributed by atoms with Gasteiger partial charge in [0.15, 0.2) is 5.69 Å². The molecule has 0 aliphatic rings. The summed E-state index contributed by atoms with van der Waals surface area (Å²) in [5.41, 5.74) is 0.387. The van der Waals surface area contributed by atoms with Crippen LogP contribution >= 0.6 is 0 Å². The minimum atomic E-state index is -1.08. The Kier molecular flexibility index (Phi) is 1.55. The Labute approximate surface area is 74.5 Å². The second kappa shape index (κ2) is 2.58. The van der Waals surface area contributed by atoms with Crippen LogP contribution in [0.5, 0.6) is 0 Å². The van der Waals surface area contributed by atoms with Crippen LogP contribution in [0.25, 0.3) is 5.78 Å². The smallest absolute Gasteiger partial charge is 0.354 e. The molecule has 0 amide bonds. The number of nitrogens with zero attached hydrogens (tertiary/aromatic N) is 3. The van der Waals surface area contributed by atoms with E-state index in [0.717, 1.165) is 0 Å². The standard InChI is InChI=1S/C7H4BN3O2/c8-5-3-9-7-10-4(6(12)13)1-2-11(5)7/h1-3H,(H,12,13). The summed E-state index contributed by atoms with van der Waals surface area (Å²) >= 11 is 0. The fraction of sp³-hybridized carbons (Fsp3) is 0. The van der Waals surface area contributed by atoms with E-state index in [1.165, 1.54) is 22.9 Å². The van der Waals surface area contributed by atoms with Crippen molar-refractivity contribution in [3.8, 4) is 0 Å². The van der Waals surface area contributed by atoms with E-state index in [4.69, 9.17) is 13.0 Å². The lowest BCUT2D eigenvalue weighted by Crippen LogP contribution is -2.11. The van der Waals surface area contributed by atoms with Crippen LogP contribution in [0.3, 0.4) is 0 Å². The highest BCUT2D eigenvalue weighted by atomic mass is 16.4. The number of carboxylic acids is 1. The molecular formula is C7H4BN3O2. The molecule has 0 saturated carbocycles. The molecule has 6 heteroatoms. The first kappa shape index (κ1) is 7.79. The molecule has 0 aromatic carbocycles. The van der Waals surface area contributed by atoms with Crippen LogP contribution in [0.4, 0.5) is 0 Å². The molecule has 5 nitrogen and oxygen atoms in total. The zero-order valence-corrected chi connectivity index (χ0v) is 6.51. The molecule has 13 heavy (non-hydrogen) atoms. The summed E-state index contributed by atoms with van der Waals surface area (Å²) in [6.45, 7) is 0. The predicted octanol–water partition coefficient (Wildman–Crippen LogP) is -0.779. The summed E-state index contributed by atoms with van der Waals surface area (Å²) in [6.07, 6.45) is 2.95. The van der Waals surface area contributed by atoms with Crippen LogP contribution in [0.2, 0.25) is 0 Å². The van der Waals surface area contributed by atoms with Gasteiger partial charge in [-0.05, 0) is 11.7 Å². The van der Waals surface area contributed by atoms with Crippen LogP contribution in [0, 0.1) is 0 Å². The topological polar surface area (TPSA) is 67.5 Å². The lowest BCUT2D eigenvalue weighted by Gasteiger charge is -1.96. The number of rotatable bonds is 1. The molecule has 0 aliphatic carbocycles. The van der Waals surface area contributed by atoms with Crippen LogP contribution in [-0.2, 0) is 0 Å². The van der Waals surface area contributed by atoms with Crippen molar-refractivity contribution >= 4 is 25.2 Å². The number of carbonyl (C=O) groups is 1. The van der Waals surface area contributed by atoms with E-state index in [-0.39, 0.29) is 11.5 Å². The Balaban J connectivity index is 2.70. The van der Waals surface area contributed by atoms with Crippen molar-refractivity contribution in [2.24, 2.45) is 0 Å². The SMILES string of the molecule is [B]c1cnc2nc(C(=O)O)ccn12. The van der Waals surface area contributed by atoms with Crippen molar-refractivity contribution in [3.05, 3.63) is 24.2 Å². The molecule has 2 heterocycles. The highest BCUT2D eigenvalue weighted by Gasteiger charge is 2.06. The number of fused-ring (bicyclic) bond motifs is 1. The van der Waals surface area contributed by atoms with Crippen molar-refractivity contribution in [1.29, 1.82) is 0 Å². The van der Waals surface area contributed by atoms with Gasteiger partial charge in [0.2, 0.25) is 5.78 Å². The molecular weight excluding hydrogens is 169 g/mol. The molecule has 0 spiro atoms. The minimum Gasteiger partial charge on any atom is -0.477 e. The van der Waals surface area contributed by atoms with E-state index in [1.54, 1.807) is 0 Å². The Morgan fingerprint density at radius 2 is 2.38 bits per heavy atom. The zero-order valence-electron chi connectivity index (χ0n) is 6.51. The molecule has 0 bridgehead atoms. The molecule has 0 atom stereocenters. The highest BCUT2D eigenvalue weighted by molar-refractivity contribution is 6.31. The molecule has 2 radical (unpaired) electrons. The molecule has 0 saturated heterocycles. The van der Waals surface area contributed by atoms with Crippen molar-refractivity contribution in [2.45, 2.75) is 0 Å². The number of aromatic nitrogens is 3. The maximum atomic E-state index is 10.5. The number of aromatic carboxylic acids is 1. The fourth-order valence-corrected chi connectivity index (χ4v) is 1.01. The Morgan fingerprint density at radius 3 is 3.08 bits per heavy atom. The van der Waals surface area contributed by atoms with Crippen LogP contribution < -0.4 is 5.59 Å². The van der Waals surface area contributed by atoms with Gasteiger partial charge in [-0.1, -0.05) is 0 Å². The molecule has 1 N–H and O–H groups in total. The van der Waals surface area contributed by atoms with Gasteiger partial charge in [-0.15, -0.1) is 0 Å². The number of hydrogen-bond acceptors (Lipinski definition) is 3.